The Balaban J connectivity index is 1.36. The van der Waals surface area contributed by atoms with Crippen molar-refractivity contribution in [1.29, 1.82) is 0 Å². The molecule has 0 aromatic heterocycles. The van der Waals surface area contributed by atoms with Gasteiger partial charge in [0.1, 0.15) is 6.61 Å². The second kappa shape index (κ2) is 14.6. The predicted molar refractivity (Wildman–Crippen MR) is 160 cm³/mol. The highest BCUT2D eigenvalue weighted by Crippen LogP contribution is 2.42. The molecule has 0 spiro atoms. The minimum Gasteiger partial charge on any atom is -0.445 e. The highest BCUT2D eigenvalue weighted by Gasteiger charge is 2.39. The molecule has 1 amide bonds. The molecular formula is C34H40N2O6. The van der Waals surface area contributed by atoms with Crippen molar-refractivity contribution in [2.45, 2.75) is 38.6 Å². The monoisotopic (exact) mass is 572 g/mol. The van der Waals surface area contributed by atoms with Gasteiger partial charge in [0.15, 0.2) is 6.29 Å². The molecule has 5 rings (SSSR count). The third kappa shape index (κ3) is 7.65. The van der Waals surface area contributed by atoms with Crippen LogP contribution in [0.1, 0.15) is 41.6 Å². The van der Waals surface area contributed by atoms with Crippen LogP contribution in [-0.2, 0) is 32.1 Å². The Morgan fingerprint density at radius 3 is 2.48 bits per heavy atom. The molecule has 0 unspecified atom stereocenters. The van der Waals surface area contributed by atoms with E-state index in [-0.39, 0.29) is 31.3 Å². The van der Waals surface area contributed by atoms with E-state index >= 15 is 0 Å². The summed E-state index contributed by atoms with van der Waals surface area (Å²) in [5, 5.41) is 12.3. The number of rotatable bonds is 10. The average Bonchev–Trinajstić information content (AvgIpc) is 3.04. The van der Waals surface area contributed by atoms with Crippen molar-refractivity contribution >= 4 is 6.09 Å². The van der Waals surface area contributed by atoms with Gasteiger partial charge in [0.2, 0.25) is 0 Å². The van der Waals surface area contributed by atoms with Crippen LogP contribution < -0.4 is 5.32 Å². The maximum absolute atomic E-state index is 11.9. The quantitative estimate of drug-likeness (QED) is 0.315. The third-order valence-corrected chi connectivity index (χ3v) is 7.85. The molecule has 2 aliphatic rings. The Morgan fingerprint density at radius 2 is 1.74 bits per heavy atom. The minimum atomic E-state index is -0.542. The number of aliphatic hydroxyl groups is 1. The van der Waals surface area contributed by atoms with E-state index in [4.69, 9.17) is 18.9 Å². The number of ether oxygens (including phenoxy) is 4. The summed E-state index contributed by atoms with van der Waals surface area (Å²) < 4.78 is 23.9. The van der Waals surface area contributed by atoms with Gasteiger partial charge in [-0.15, -0.1) is 0 Å². The SMILES string of the molecule is C=CCOC(=O)NCc1cccc(-c2cccc([C@@H]3O[C@H](CN4CCOCC4)[C@H](C)[C@H](c4ccc(CO)cc4)O3)c2)c1. The van der Waals surface area contributed by atoms with Crippen LogP contribution in [-0.4, -0.2) is 61.7 Å². The van der Waals surface area contributed by atoms with E-state index in [0.717, 1.165) is 66.2 Å². The van der Waals surface area contributed by atoms with E-state index < -0.39 is 12.4 Å². The first kappa shape index (κ1) is 29.9. The highest BCUT2D eigenvalue weighted by molar-refractivity contribution is 5.68. The number of carbonyl (C=O) groups is 1. The van der Waals surface area contributed by atoms with Crippen LogP contribution in [0.2, 0.25) is 0 Å². The molecule has 42 heavy (non-hydrogen) atoms. The fourth-order valence-corrected chi connectivity index (χ4v) is 5.45. The molecule has 4 atom stereocenters. The van der Waals surface area contributed by atoms with E-state index in [9.17, 15) is 9.90 Å². The van der Waals surface area contributed by atoms with Crippen molar-refractivity contribution in [3.05, 3.63) is 108 Å². The van der Waals surface area contributed by atoms with Gasteiger partial charge in [-0.05, 0) is 39.9 Å². The van der Waals surface area contributed by atoms with Gasteiger partial charge in [-0.2, -0.15) is 0 Å². The zero-order valence-electron chi connectivity index (χ0n) is 24.1. The van der Waals surface area contributed by atoms with Gasteiger partial charge in [0.25, 0.3) is 0 Å². The van der Waals surface area contributed by atoms with Gasteiger partial charge in [0.05, 0.1) is 32.0 Å². The predicted octanol–water partition coefficient (Wildman–Crippen LogP) is 5.38. The van der Waals surface area contributed by atoms with Crippen LogP contribution in [0.15, 0.2) is 85.5 Å². The number of aliphatic hydroxyl groups excluding tert-OH is 1. The molecule has 2 fully saturated rings. The zero-order chi connectivity index (χ0) is 29.3. The lowest BCUT2D eigenvalue weighted by molar-refractivity contribution is -0.277. The van der Waals surface area contributed by atoms with E-state index in [1.165, 1.54) is 6.08 Å². The van der Waals surface area contributed by atoms with Crippen LogP contribution in [0.4, 0.5) is 4.79 Å². The Kier molecular flexibility index (Phi) is 10.4. The molecule has 0 saturated carbocycles. The van der Waals surface area contributed by atoms with Crippen LogP contribution in [0.5, 0.6) is 0 Å². The van der Waals surface area contributed by atoms with Gasteiger partial charge in [-0.1, -0.05) is 80.2 Å². The molecule has 2 aliphatic heterocycles. The summed E-state index contributed by atoms with van der Waals surface area (Å²) in [6.45, 7) is 10.3. The normalized spacial score (nSPS) is 22.8. The number of hydrogen-bond donors (Lipinski definition) is 2. The van der Waals surface area contributed by atoms with Gasteiger partial charge >= 0.3 is 6.09 Å². The number of nitrogens with one attached hydrogen (secondary N) is 1. The van der Waals surface area contributed by atoms with Crippen LogP contribution in [0.25, 0.3) is 11.1 Å². The molecule has 222 valence electrons. The zero-order valence-corrected chi connectivity index (χ0v) is 24.1. The first-order valence-corrected chi connectivity index (χ1v) is 14.6. The summed E-state index contributed by atoms with van der Waals surface area (Å²) in [4.78, 5) is 14.3. The molecule has 8 heteroatoms. The third-order valence-electron chi connectivity index (χ3n) is 7.85. The molecular weight excluding hydrogens is 532 g/mol. The fourth-order valence-electron chi connectivity index (χ4n) is 5.45. The van der Waals surface area contributed by atoms with E-state index in [0.29, 0.717) is 6.54 Å². The van der Waals surface area contributed by atoms with Gasteiger partial charge < -0.3 is 29.4 Å². The molecule has 3 aromatic carbocycles. The standard InChI is InChI=1S/C34H40N2O6/c1-3-16-40-34(38)35-21-26-6-4-7-28(19-26)29-8-5-9-30(20-29)33-41-31(22-36-14-17-39-18-15-36)24(2)32(42-33)27-12-10-25(23-37)11-13-27/h3-13,19-20,24,31-33,37H,1,14-18,21-23H2,2H3,(H,35,38)/t24-,31+,32+,33+/m0/s1. The van der Waals surface area contributed by atoms with E-state index in [2.05, 4.69) is 48.0 Å². The lowest BCUT2D eigenvalue weighted by Crippen LogP contribution is -2.47. The highest BCUT2D eigenvalue weighted by atomic mass is 16.7. The first-order chi connectivity index (χ1) is 20.5. The lowest BCUT2D eigenvalue weighted by Gasteiger charge is -2.43. The summed E-state index contributed by atoms with van der Waals surface area (Å²) in [5.41, 5.74) is 5.91. The van der Waals surface area contributed by atoms with Crippen molar-refractivity contribution in [2.24, 2.45) is 5.92 Å². The Bertz CT molecular complexity index is 1320. The molecule has 2 N–H and O–H groups in total. The largest absolute Gasteiger partial charge is 0.445 e. The second-order valence-electron chi connectivity index (χ2n) is 10.8. The minimum absolute atomic E-state index is 0.0101. The summed E-state index contributed by atoms with van der Waals surface area (Å²) in [5.74, 6) is 0.120. The molecule has 0 radical (unpaired) electrons. The van der Waals surface area contributed by atoms with Crippen molar-refractivity contribution in [3.8, 4) is 11.1 Å². The average molecular weight is 573 g/mol. The van der Waals surface area contributed by atoms with E-state index in [1.807, 2.05) is 48.5 Å². The number of nitrogens with zero attached hydrogens (tertiary/aromatic N) is 1. The van der Waals surface area contributed by atoms with E-state index in [1.54, 1.807) is 0 Å². The number of morpholine rings is 1. The van der Waals surface area contributed by atoms with Gasteiger partial charge in [-0.25, -0.2) is 4.79 Å². The Morgan fingerprint density at radius 1 is 1.00 bits per heavy atom. The molecule has 8 nitrogen and oxygen atoms in total. The second-order valence-corrected chi connectivity index (χ2v) is 10.8. The number of amides is 1. The molecule has 3 aromatic rings. The van der Waals surface area contributed by atoms with Crippen LogP contribution >= 0.6 is 0 Å². The van der Waals surface area contributed by atoms with Crippen molar-refractivity contribution in [2.75, 3.05) is 39.5 Å². The fraction of sp³-hybridized carbons (Fsp3) is 0.382. The maximum Gasteiger partial charge on any atom is 0.407 e. The summed E-state index contributed by atoms with van der Waals surface area (Å²) in [7, 11) is 0. The molecule has 0 aliphatic carbocycles. The topological polar surface area (TPSA) is 89.5 Å². The summed E-state index contributed by atoms with van der Waals surface area (Å²) >= 11 is 0. The number of carbonyl (C=O) groups excluding carboxylic acids is 1. The van der Waals surface area contributed by atoms with Crippen molar-refractivity contribution in [1.82, 2.24) is 10.2 Å². The van der Waals surface area contributed by atoms with Gasteiger partial charge in [0, 0.05) is 37.7 Å². The molecule has 0 bridgehead atoms. The van der Waals surface area contributed by atoms with Gasteiger partial charge in [-0.3, -0.25) is 4.90 Å². The van der Waals surface area contributed by atoms with Crippen molar-refractivity contribution in [3.63, 3.8) is 0 Å². The Hall–Kier alpha value is -3.53. The number of hydrogen-bond acceptors (Lipinski definition) is 7. The van der Waals surface area contributed by atoms with Crippen molar-refractivity contribution < 1.29 is 28.8 Å². The van der Waals surface area contributed by atoms with Crippen LogP contribution in [0, 0.1) is 5.92 Å². The summed E-state index contributed by atoms with van der Waals surface area (Å²) in [6.07, 6.45) is 0.312. The lowest BCUT2D eigenvalue weighted by atomic mass is 9.89. The van der Waals surface area contributed by atoms with Crippen LogP contribution in [0.3, 0.4) is 0 Å². The molecule has 2 heterocycles. The molecule has 2 saturated heterocycles. The number of alkyl carbamates (subject to hydrolysis) is 1. The Labute approximate surface area is 247 Å². The smallest absolute Gasteiger partial charge is 0.407 e. The first-order valence-electron chi connectivity index (χ1n) is 14.6. The number of benzene rings is 3. The maximum atomic E-state index is 11.9. The summed E-state index contributed by atoms with van der Waals surface area (Å²) in [6, 6.07) is 24.3.